The lowest BCUT2D eigenvalue weighted by atomic mass is 9.91. The number of carbonyl (C=O) groups excluding carboxylic acids is 1. The molecule has 1 atom stereocenters. The van der Waals surface area contributed by atoms with Crippen molar-refractivity contribution < 1.29 is 4.79 Å². The van der Waals surface area contributed by atoms with Crippen LogP contribution < -0.4 is 4.90 Å². The molecule has 1 amide bonds. The molecule has 3 nitrogen and oxygen atoms in total. The summed E-state index contributed by atoms with van der Waals surface area (Å²) in [5.74, 6) is -0.809. The predicted molar refractivity (Wildman–Crippen MR) is 97.9 cm³/mol. The minimum atomic E-state index is -0.676. The molecule has 124 valence electrons. The van der Waals surface area contributed by atoms with Crippen LogP contribution in [0.15, 0.2) is 42.5 Å². The molecule has 3 heteroatoms. The number of para-hydroxylation sites is 1. The number of carbonyl (C=O) groups is 1. The van der Waals surface area contributed by atoms with Crippen molar-refractivity contribution >= 4 is 11.6 Å². The van der Waals surface area contributed by atoms with Crippen LogP contribution in [0.1, 0.15) is 29.2 Å². The van der Waals surface area contributed by atoms with E-state index in [0.29, 0.717) is 13.0 Å². The number of benzene rings is 2. The van der Waals surface area contributed by atoms with Crippen molar-refractivity contribution in [1.82, 2.24) is 0 Å². The van der Waals surface area contributed by atoms with Crippen molar-refractivity contribution in [3.63, 3.8) is 0 Å². The molecule has 2 rings (SSSR count). The lowest BCUT2D eigenvalue weighted by Gasteiger charge is -2.24. The van der Waals surface area contributed by atoms with Gasteiger partial charge in [0, 0.05) is 12.2 Å². The molecular formula is C21H24N2O. The quantitative estimate of drug-likeness (QED) is 0.822. The van der Waals surface area contributed by atoms with Gasteiger partial charge >= 0.3 is 0 Å². The highest BCUT2D eigenvalue weighted by atomic mass is 16.2. The first-order valence-corrected chi connectivity index (χ1v) is 8.30. The summed E-state index contributed by atoms with van der Waals surface area (Å²) in [6.07, 6.45) is 0.455. The lowest BCUT2D eigenvalue weighted by Crippen LogP contribution is -2.36. The van der Waals surface area contributed by atoms with Gasteiger partial charge in [0.05, 0.1) is 6.07 Å². The normalized spacial score (nSPS) is 11.6. The zero-order chi connectivity index (χ0) is 17.7. The highest BCUT2D eigenvalue weighted by Gasteiger charge is 2.25. The van der Waals surface area contributed by atoms with E-state index in [9.17, 15) is 10.1 Å². The van der Waals surface area contributed by atoms with E-state index in [0.717, 1.165) is 22.4 Å². The van der Waals surface area contributed by atoms with Crippen molar-refractivity contribution in [3.8, 4) is 6.07 Å². The summed E-state index contributed by atoms with van der Waals surface area (Å²) in [6, 6.07) is 16.0. The SMILES string of the molecule is CCN(C(=O)C(C#N)Cc1c(C)cc(C)cc1C)c1ccccc1. The molecule has 2 aromatic rings. The van der Waals surface area contributed by atoms with Gasteiger partial charge in [-0.25, -0.2) is 0 Å². The summed E-state index contributed by atoms with van der Waals surface area (Å²) in [7, 11) is 0. The van der Waals surface area contributed by atoms with E-state index in [1.807, 2.05) is 51.1 Å². The summed E-state index contributed by atoms with van der Waals surface area (Å²) in [5.41, 5.74) is 5.42. The average Bonchev–Trinajstić information content (AvgIpc) is 2.56. The summed E-state index contributed by atoms with van der Waals surface area (Å²) >= 11 is 0. The molecular weight excluding hydrogens is 296 g/mol. The molecule has 0 N–H and O–H groups in total. The second kappa shape index (κ2) is 7.79. The first kappa shape index (κ1) is 17.7. The van der Waals surface area contributed by atoms with Crippen molar-refractivity contribution in [2.24, 2.45) is 5.92 Å². The van der Waals surface area contributed by atoms with Crippen LogP contribution in [0.4, 0.5) is 5.69 Å². The fourth-order valence-corrected chi connectivity index (χ4v) is 3.19. The van der Waals surface area contributed by atoms with Gasteiger partial charge in [0.1, 0.15) is 5.92 Å². The van der Waals surface area contributed by atoms with E-state index >= 15 is 0 Å². The molecule has 0 bridgehead atoms. The third-order valence-corrected chi connectivity index (χ3v) is 4.35. The number of hydrogen-bond donors (Lipinski definition) is 0. The van der Waals surface area contributed by atoms with E-state index < -0.39 is 5.92 Å². The Labute approximate surface area is 144 Å². The Bertz CT molecular complexity index is 736. The molecule has 24 heavy (non-hydrogen) atoms. The van der Waals surface area contributed by atoms with E-state index in [1.165, 1.54) is 5.56 Å². The molecule has 0 aliphatic rings. The van der Waals surface area contributed by atoms with Crippen molar-refractivity contribution in [2.75, 3.05) is 11.4 Å². The molecule has 0 saturated heterocycles. The summed E-state index contributed by atoms with van der Waals surface area (Å²) in [5, 5.41) is 9.59. The third-order valence-electron chi connectivity index (χ3n) is 4.35. The molecule has 0 heterocycles. The molecule has 0 saturated carbocycles. The van der Waals surface area contributed by atoms with Crippen LogP contribution in [-0.2, 0) is 11.2 Å². The summed E-state index contributed by atoms with van der Waals surface area (Å²) < 4.78 is 0. The van der Waals surface area contributed by atoms with Gasteiger partial charge in [-0.2, -0.15) is 5.26 Å². The number of nitrogens with zero attached hydrogens (tertiary/aromatic N) is 2. The van der Waals surface area contributed by atoms with E-state index in [-0.39, 0.29) is 5.91 Å². The molecule has 0 fully saturated rings. The van der Waals surface area contributed by atoms with Crippen LogP contribution >= 0.6 is 0 Å². The molecule has 0 spiro atoms. The Morgan fingerprint density at radius 3 is 2.21 bits per heavy atom. The van der Waals surface area contributed by atoms with Gasteiger partial charge in [0.2, 0.25) is 5.91 Å². The Balaban J connectivity index is 2.28. The molecule has 0 aromatic heterocycles. The molecule has 0 aliphatic carbocycles. The topological polar surface area (TPSA) is 44.1 Å². The Morgan fingerprint density at radius 1 is 1.12 bits per heavy atom. The van der Waals surface area contributed by atoms with Crippen LogP contribution in [0.2, 0.25) is 0 Å². The molecule has 0 aliphatic heterocycles. The molecule has 0 radical (unpaired) electrons. The highest BCUT2D eigenvalue weighted by molar-refractivity contribution is 5.96. The Kier molecular flexibility index (Phi) is 5.76. The number of rotatable bonds is 5. The van der Waals surface area contributed by atoms with Crippen LogP contribution in [0, 0.1) is 38.0 Å². The number of amides is 1. The number of aryl methyl sites for hydroxylation is 3. The van der Waals surface area contributed by atoms with Gasteiger partial charge in [-0.1, -0.05) is 35.9 Å². The summed E-state index contributed by atoms with van der Waals surface area (Å²) in [6.45, 7) is 8.63. The number of hydrogen-bond acceptors (Lipinski definition) is 2. The van der Waals surface area contributed by atoms with Crippen LogP contribution in [0.25, 0.3) is 0 Å². The predicted octanol–water partition coefficient (Wildman–Crippen LogP) is 4.35. The maximum absolute atomic E-state index is 12.9. The smallest absolute Gasteiger partial charge is 0.244 e. The minimum absolute atomic E-state index is 0.134. The lowest BCUT2D eigenvalue weighted by molar-refractivity contribution is -0.120. The van der Waals surface area contributed by atoms with Crippen molar-refractivity contribution in [3.05, 3.63) is 64.7 Å². The van der Waals surface area contributed by atoms with Crippen LogP contribution in [-0.4, -0.2) is 12.5 Å². The Morgan fingerprint density at radius 2 is 1.71 bits per heavy atom. The van der Waals surface area contributed by atoms with E-state index in [2.05, 4.69) is 25.1 Å². The third kappa shape index (κ3) is 3.83. The van der Waals surface area contributed by atoms with Crippen molar-refractivity contribution in [1.29, 1.82) is 5.26 Å². The molecule has 1 unspecified atom stereocenters. The second-order valence-corrected chi connectivity index (χ2v) is 6.18. The van der Waals surface area contributed by atoms with Gasteiger partial charge in [0.25, 0.3) is 0 Å². The van der Waals surface area contributed by atoms with E-state index in [1.54, 1.807) is 4.90 Å². The van der Waals surface area contributed by atoms with Gasteiger partial charge in [0.15, 0.2) is 0 Å². The van der Waals surface area contributed by atoms with Crippen molar-refractivity contribution in [2.45, 2.75) is 34.1 Å². The Hall–Kier alpha value is -2.60. The maximum Gasteiger partial charge on any atom is 0.244 e. The fourth-order valence-electron chi connectivity index (χ4n) is 3.19. The van der Waals surface area contributed by atoms with Gasteiger partial charge in [-0.3, -0.25) is 4.79 Å². The molecule has 2 aromatic carbocycles. The second-order valence-electron chi connectivity index (χ2n) is 6.18. The zero-order valence-corrected chi connectivity index (χ0v) is 14.8. The number of anilines is 1. The summed E-state index contributed by atoms with van der Waals surface area (Å²) in [4.78, 5) is 14.6. The monoisotopic (exact) mass is 320 g/mol. The highest BCUT2D eigenvalue weighted by Crippen LogP contribution is 2.23. The van der Waals surface area contributed by atoms with Gasteiger partial charge in [-0.15, -0.1) is 0 Å². The van der Waals surface area contributed by atoms with E-state index in [4.69, 9.17) is 0 Å². The van der Waals surface area contributed by atoms with Gasteiger partial charge < -0.3 is 4.90 Å². The van der Waals surface area contributed by atoms with Crippen LogP contribution in [0.3, 0.4) is 0 Å². The standard InChI is InChI=1S/C21H24N2O/c1-5-23(19-9-7-6-8-10-19)21(24)18(14-22)13-20-16(3)11-15(2)12-17(20)4/h6-12,18H,5,13H2,1-4H3. The first-order valence-electron chi connectivity index (χ1n) is 8.30. The zero-order valence-electron chi connectivity index (χ0n) is 14.8. The maximum atomic E-state index is 12.9. The van der Waals surface area contributed by atoms with Crippen LogP contribution in [0.5, 0.6) is 0 Å². The fraction of sp³-hybridized carbons (Fsp3) is 0.333. The largest absolute Gasteiger partial charge is 0.312 e. The average molecular weight is 320 g/mol. The first-order chi connectivity index (χ1) is 11.5. The minimum Gasteiger partial charge on any atom is -0.312 e. The van der Waals surface area contributed by atoms with Gasteiger partial charge in [-0.05, 0) is 62.9 Å². The number of nitriles is 1.